The number of rotatable bonds is 4. The second-order valence-corrected chi connectivity index (χ2v) is 6.84. The Kier molecular flexibility index (Phi) is 4.61. The molecule has 0 spiro atoms. The number of fused-ring (bicyclic) bond motifs is 1. The standard InChI is InChI=1S/C23H24N2O/c1-2-20(18-10-5-3-6-11-18)23(26)25-17-16-24-15-9-14-21(24)22(25)19-12-7-4-8-13-19/h3-15,20,22H,2,16-17H2,1H3. The summed E-state index contributed by atoms with van der Waals surface area (Å²) >= 11 is 0. The van der Waals surface area contributed by atoms with E-state index in [0.29, 0.717) is 0 Å². The number of hydrogen-bond acceptors (Lipinski definition) is 1. The van der Waals surface area contributed by atoms with Crippen LogP contribution in [0.2, 0.25) is 0 Å². The summed E-state index contributed by atoms with van der Waals surface area (Å²) < 4.78 is 2.27. The van der Waals surface area contributed by atoms with Crippen molar-refractivity contribution in [2.24, 2.45) is 0 Å². The van der Waals surface area contributed by atoms with Crippen molar-refractivity contribution in [2.75, 3.05) is 6.54 Å². The zero-order valence-corrected chi connectivity index (χ0v) is 15.1. The molecular weight excluding hydrogens is 320 g/mol. The Morgan fingerprint density at radius 1 is 0.962 bits per heavy atom. The van der Waals surface area contributed by atoms with E-state index in [2.05, 4.69) is 59.0 Å². The number of benzene rings is 2. The molecule has 2 aromatic carbocycles. The van der Waals surface area contributed by atoms with Crippen LogP contribution >= 0.6 is 0 Å². The number of nitrogens with zero attached hydrogens (tertiary/aromatic N) is 2. The number of amides is 1. The van der Waals surface area contributed by atoms with Crippen LogP contribution in [0.3, 0.4) is 0 Å². The van der Waals surface area contributed by atoms with E-state index < -0.39 is 0 Å². The number of hydrogen-bond donors (Lipinski definition) is 0. The van der Waals surface area contributed by atoms with Crippen LogP contribution in [0, 0.1) is 0 Å². The maximum Gasteiger partial charge on any atom is 0.230 e. The molecule has 132 valence electrons. The van der Waals surface area contributed by atoms with Crippen LogP contribution in [-0.4, -0.2) is 21.9 Å². The van der Waals surface area contributed by atoms with Crippen LogP contribution in [0.1, 0.15) is 42.1 Å². The minimum absolute atomic E-state index is 0.0230. The zero-order valence-electron chi connectivity index (χ0n) is 15.1. The Labute approximate surface area is 154 Å². The highest BCUT2D eigenvalue weighted by Crippen LogP contribution is 2.35. The summed E-state index contributed by atoms with van der Waals surface area (Å²) in [7, 11) is 0. The van der Waals surface area contributed by atoms with Crippen LogP contribution in [0.4, 0.5) is 0 Å². The van der Waals surface area contributed by atoms with Gasteiger partial charge in [0.25, 0.3) is 0 Å². The second-order valence-electron chi connectivity index (χ2n) is 6.84. The van der Waals surface area contributed by atoms with Gasteiger partial charge in [0.1, 0.15) is 0 Å². The first-order chi connectivity index (χ1) is 12.8. The molecule has 4 rings (SSSR count). The second kappa shape index (κ2) is 7.20. The molecule has 0 fully saturated rings. The SMILES string of the molecule is CCC(C(=O)N1CCn2cccc2C1c1ccccc1)c1ccccc1. The average molecular weight is 344 g/mol. The van der Waals surface area contributed by atoms with Crippen molar-refractivity contribution < 1.29 is 4.79 Å². The predicted molar refractivity (Wildman–Crippen MR) is 104 cm³/mol. The molecule has 0 radical (unpaired) electrons. The van der Waals surface area contributed by atoms with Crippen LogP contribution < -0.4 is 0 Å². The summed E-state index contributed by atoms with van der Waals surface area (Å²) in [5.41, 5.74) is 3.47. The first-order valence-electron chi connectivity index (χ1n) is 9.35. The van der Waals surface area contributed by atoms with Gasteiger partial charge in [0.15, 0.2) is 0 Å². The van der Waals surface area contributed by atoms with Crippen molar-refractivity contribution in [1.82, 2.24) is 9.47 Å². The fraction of sp³-hybridized carbons (Fsp3) is 0.261. The van der Waals surface area contributed by atoms with Crippen LogP contribution in [0.15, 0.2) is 79.0 Å². The summed E-state index contributed by atoms with van der Waals surface area (Å²) in [5.74, 6) is 0.129. The molecule has 3 nitrogen and oxygen atoms in total. The van der Waals surface area contributed by atoms with Crippen molar-refractivity contribution in [2.45, 2.75) is 31.8 Å². The Morgan fingerprint density at radius 3 is 2.35 bits per heavy atom. The molecule has 26 heavy (non-hydrogen) atoms. The molecule has 2 heterocycles. The topological polar surface area (TPSA) is 25.2 Å². The van der Waals surface area contributed by atoms with Crippen molar-refractivity contribution in [1.29, 1.82) is 0 Å². The van der Waals surface area contributed by atoms with Gasteiger partial charge in [-0.25, -0.2) is 0 Å². The van der Waals surface area contributed by atoms with Gasteiger partial charge in [-0.15, -0.1) is 0 Å². The number of carbonyl (C=O) groups excluding carboxylic acids is 1. The van der Waals surface area contributed by atoms with Gasteiger partial charge in [-0.3, -0.25) is 4.79 Å². The van der Waals surface area contributed by atoms with Crippen LogP contribution in [0.25, 0.3) is 0 Å². The van der Waals surface area contributed by atoms with Crippen LogP contribution in [-0.2, 0) is 11.3 Å². The molecule has 1 aliphatic heterocycles. The Morgan fingerprint density at radius 2 is 1.65 bits per heavy atom. The fourth-order valence-electron chi connectivity index (χ4n) is 4.05. The lowest BCUT2D eigenvalue weighted by Gasteiger charge is -2.39. The molecule has 0 saturated carbocycles. The van der Waals surface area contributed by atoms with E-state index in [1.807, 2.05) is 36.4 Å². The summed E-state index contributed by atoms with van der Waals surface area (Å²) in [6.07, 6.45) is 2.92. The van der Waals surface area contributed by atoms with E-state index >= 15 is 0 Å². The quantitative estimate of drug-likeness (QED) is 0.678. The first-order valence-corrected chi connectivity index (χ1v) is 9.35. The highest BCUT2D eigenvalue weighted by molar-refractivity contribution is 5.84. The van der Waals surface area contributed by atoms with Gasteiger partial charge in [-0.2, -0.15) is 0 Å². The molecule has 1 aromatic heterocycles. The minimum atomic E-state index is -0.0936. The van der Waals surface area contributed by atoms with Crippen LogP contribution in [0.5, 0.6) is 0 Å². The minimum Gasteiger partial charge on any atom is -0.348 e. The maximum atomic E-state index is 13.6. The fourth-order valence-corrected chi connectivity index (χ4v) is 4.05. The smallest absolute Gasteiger partial charge is 0.230 e. The van der Waals surface area contributed by atoms with Gasteiger partial charge in [-0.1, -0.05) is 67.6 Å². The van der Waals surface area contributed by atoms with Crippen molar-refractivity contribution in [3.05, 3.63) is 95.8 Å². The monoisotopic (exact) mass is 344 g/mol. The Bertz CT molecular complexity index is 869. The number of carbonyl (C=O) groups is 1. The van der Waals surface area contributed by atoms with E-state index in [0.717, 1.165) is 25.1 Å². The molecule has 3 aromatic rings. The largest absolute Gasteiger partial charge is 0.348 e. The molecule has 3 heteroatoms. The average Bonchev–Trinajstić information content (AvgIpc) is 3.18. The molecule has 0 N–H and O–H groups in total. The van der Waals surface area contributed by atoms with Gasteiger partial charge in [0.05, 0.1) is 12.0 Å². The Balaban J connectivity index is 1.73. The molecule has 0 saturated heterocycles. The van der Waals surface area contributed by atoms with Crippen molar-refractivity contribution in [3.63, 3.8) is 0 Å². The molecule has 2 unspecified atom stereocenters. The third-order valence-corrected chi connectivity index (χ3v) is 5.34. The van der Waals surface area contributed by atoms with Gasteiger partial charge >= 0.3 is 0 Å². The van der Waals surface area contributed by atoms with Crippen molar-refractivity contribution in [3.8, 4) is 0 Å². The van der Waals surface area contributed by atoms with E-state index in [-0.39, 0.29) is 17.9 Å². The van der Waals surface area contributed by atoms with Gasteiger partial charge in [0.2, 0.25) is 5.91 Å². The highest BCUT2D eigenvalue weighted by atomic mass is 16.2. The zero-order chi connectivity index (χ0) is 17.9. The first kappa shape index (κ1) is 16.6. The lowest BCUT2D eigenvalue weighted by molar-refractivity contribution is -0.135. The molecule has 1 amide bonds. The lowest BCUT2D eigenvalue weighted by atomic mass is 9.92. The molecule has 1 aliphatic rings. The van der Waals surface area contributed by atoms with E-state index in [1.54, 1.807) is 0 Å². The van der Waals surface area contributed by atoms with E-state index in [4.69, 9.17) is 0 Å². The lowest BCUT2D eigenvalue weighted by Crippen LogP contribution is -2.44. The number of aromatic nitrogens is 1. The normalized spacial score (nSPS) is 17.6. The summed E-state index contributed by atoms with van der Waals surface area (Å²) in [6, 6.07) is 24.7. The predicted octanol–water partition coefficient (Wildman–Crippen LogP) is 4.61. The molecule has 0 aliphatic carbocycles. The summed E-state index contributed by atoms with van der Waals surface area (Å²) in [4.78, 5) is 15.6. The molecule has 0 bridgehead atoms. The molecule has 2 atom stereocenters. The van der Waals surface area contributed by atoms with Gasteiger partial charge < -0.3 is 9.47 Å². The Hall–Kier alpha value is -2.81. The van der Waals surface area contributed by atoms with E-state index in [9.17, 15) is 4.79 Å². The van der Waals surface area contributed by atoms with E-state index in [1.165, 1.54) is 11.3 Å². The summed E-state index contributed by atoms with van der Waals surface area (Å²) in [5, 5.41) is 0. The van der Waals surface area contributed by atoms with Gasteiger partial charge in [0, 0.05) is 25.0 Å². The van der Waals surface area contributed by atoms with Crippen molar-refractivity contribution >= 4 is 5.91 Å². The third-order valence-electron chi connectivity index (χ3n) is 5.34. The third kappa shape index (κ3) is 2.94. The summed E-state index contributed by atoms with van der Waals surface area (Å²) in [6.45, 7) is 3.69. The molecular formula is C23H24N2O. The maximum absolute atomic E-state index is 13.6. The highest BCUT2D eigenvalue weighted by Gasteiger charge is 2.35. The van der Waals surface area contributed by atoms with Gasteiger partial charge in [-0.05, 0) is 29.7 Å².